The first kappa shape index (κ1) is 19.8. The van der Waals surface area contributed by atoms with Gasteiger partial charge in [-0.25, -0.2) is 9.59 Å². The predicted molar refractivity (Wildman–Crippen MR) is 108 cm³/mol. The van der Waals surface area contributed by atoms with Crippen molar-refractivity contribution in [3.05, 3.63) is 52.4 Å². The molecule has 0 aliphatic carbocycles. The maximum Gasteiger partial charge on any atom is 0.344 e. The third kappa shape index (κ3) is 3.96. The van der Waals surface area contributed by atoms with Gasteiger partial charge in [0.1, 0.15) is 17.4 Å². The molecule has 1 atom stereocenters. The number of hydrogen-bond acceptors (Lipinski definition) is 6. The lowest BCUT2D eigenvalue weighted by molar-refractivity contribution is -0.141. The van der Waals surface area contributed by atoms with Crippen molar-refractivity contribution in [3.8, 4) is 5.75 Å². The molecule has 0 fully saturated rings. The van der Waals surface area contributed by atoms with Gasteiger partial charge in [0.2, 0.25) is 0 Å². The number of fused-ring (bicyclic) bond motifs is 3. The van der Waals surface area contributed by atoms with Crippen LogP contribution in [0.15, 0.2) is 45.6 Å². The molecule has 2 aromatic carbocycles. The third-order valence-corrected chi connectivity index (χ3v) is 4.98. The number of carboxylic acid groups (broad SMARTS) is 1. The molecule has 146 valence electrons. The van der Waals surface area contributed by atoms with E-state index in [9.17, 15) is 14.4 Å². The van der Waals surface area contributed by atoms with Crippen molar-refractivity contribution in [3.63, 3.8) is 0 Å². The number of benzene rings is 2. The summed E-state index contributed by atoms with van der Waals surface area (Å²) >= 11 is 1.32. The number of nitrogens with one attached hydrogen (secondary N) is 1. The van der Waals surface area contributed by atoms with E-state index in [2.05, 4.69) is 5.32 Å². The van der Waals surface area contributed by atoms with E-state index in [4.69, 9.17) is 14.3 Å². The van der Waals surface area contributed by atoms with Gasteiger partial charge in [-0.15, -0.1) is 0 Å². The van der Waals surface area contributed by atoms with E-state index in [1.54, 1.807) is 37.4 Å². The second-order valence-electron chi connectivity index (χ2n) is 6.20. The van der Waals surface area contributed by atoms with Crippen molar-refractivity contribution in [2.45, 2.75) is 13.0 Å². The normalized spacial score (nSPS) is 12.1. The van der Waals surface area contributed by atoms with Gasteiger partial charge in [0, 0.05) is 16.7 Å². The Labute approximate surface area is 164 Å². The molecule has 1 unspecified atom stereocenters. The van der Waals surface area contributed by atoms with Gasteiger partial charge in [0.05, 0.1) is 5.39 Å². The van der Waals surface area contributed by atoms with Crippen LogP contribution in [0.4, 0.5) is 0 Å². The second kappa shape index (κ2) is 8.35. The number of rotatable bonds is 7. The first-order valence-electron chi connectivity index (χ1n) is 8.51. The third-order valence-electron chi connectivity index (χ3n) is 4.31. The van der Waals surface area contributed by atoms with Crippen LogP contribution in [0.5, 0.6) is 5.75 Å². The van der Waals surface area contributed by atoms with Crippen LogP contribution in [0.3, 0.4) is 0 Å². The molecule has 0 saturated carbocycles. The second-order valence-corrected chi connectivity index (χ2v) is 7.11. The van der Waals surface area contributed by atoms with Gasteiger partial charge in [0.25, 0.3) is 5.91 Å². The lowest BCUT2D eigenvalue weighted by Gasteiger charge is -2.15. The standard InChI is InChI=1S/C20H19NO6S/c1-11-16(26-9-17(22)21-15(10-28-2)19(23)24)8-7-13-12-5-3-4-6-14(12)20(25)27-18(11)13/h3-8,15H,9-10H2,1-2H3,(H,21,22)(H,23,24). The van der Waals surface area contributed by atoms with Crippen molar-refractivity contribution in [1.82, 2.24) is 5.32 Å². The summed E-state index contributed by atoms with van der Waals surface area (Å²) in [4.78, 5) is 35.4. The summed E-state index contributed by atoms with van der Waals surface area (Å²) in [7, 11) is 0. The van der Waals surface area contributed by atoms with Crippen LogP contribution in [-0.2, 0) is 9.59 Å². The maximum atomic E-state index is 12.2. The van der Waals surface area contributed by atoms with Gasteiger partial charge >= 0.3 is 11.6 Å². The molecule has 7 nitrogen and oxygen atoms in total. The fourth-order valence-corrected chi connectivity index (χ4v) is 3.50. The van der Waals surface area contributed by atoms with Gasteiger partial charge < -0.3 is 19.6 Å². The van der Waals surface area contributed by atoms with Crippen LogP contribution in [0.2, 0.25) is 0 Å². The Kier molecular flexibility index (Phi) is 5.89. The SMILES string of the molecule is CSCC(NC(=O)COc1ccc2c(oc(=O)c3ccccc32)c1C)C(=O)O. The summed E-state index contributed by atoms with van der Waals surface area (Å²) in [6.07, 6.45) is 1.76. The highest BCUT2D eigenvalue weighted by Crippen LogP contribution is 2.30. The summed E-state index contributed by atoms with van der Waals surface area (Å²) in [5.74, 6) is -0.995. The minimum atomic E-state index is -1.10. The smallest absolute Gasteiger partial charge is 0.344 e. The first-order valence-corrected chi connectivity index (χ1v) is 9.90. The van der Waals surface area contributed by atoms with E-state index in [-0.39, 0.29) is 12.4 Å². The van der Waals surface area contributed by atoms with Crippen LogP contribution in [0, 0.1) is 6.92 Å². The van der Waals surface area contributed by atoms with E-state index >= 15 is 0 Å². The zero-order valence-electron chi connectivity index (χ0n) is 15.4. The highest BCUT2D eigenvalue weighted by molar-refractivity contribution is 7.98. The number of carbonyl (C=O) groups is 2. The number of hydrogen-bond donors (Lipinski definition) is 2. The van der Waals surface area contributed by atoms with Crippen molar-refractivity contribution in [1.29, 1.82) is 0 Å². The average molecular weight is 401 g/mol. The highest BCUT2D eigenvalue weighted by Gasteiger charge is 2.20. The lowest BCUT2D eigenvalue weighted by Crippen LogP contribution is -2.44. The molecule has 0 radical (unpaired) electrons. The van der Waals surface area contributed by atoms with Crippen LogP contribution >= 0.6 is 11.8 Å². The molecule has 0 bridgehead atoms. The van der Waals surface area contributed by atoms with E-state index in [0.29, 0.717) is 22.3 Å². The van der Waals surface area contributed by atoms with Crippen LogP contribution < -0.4 is 15.7 Å². The van der Waals surface area contributed by atoms with Crippen molar-refractivity contribution in [2.24, 2.45) is 0 Å². The predicted octanol–water partition coefficient (Wildman–Crippen LogP) is 2.57. The molecule has 3 aromatic rings. The molecule has 0 aliphatic heterocycles. The Morgan fingerprint density at radius 1 is 1.18 bits per heavy atom. The molecule has 0 saturated heterocycles. The Morgan fingerprint density at radius 3 is 2.57 bits per heavy atom. The maximum absolute atomic E-state index is 12.2. The summed E-state index contributed by atoms with van der Waals surface area (Å²) < 4.78 is 11.0. The van der Waals surface area contributed by atoms with E-state index in [0.717, 1.165) is 10.8 Å². The number of ether oxygens (including phenoxy) is 1. The van der Waals surface area contributed by atoms with Crippen LogP contribution in [-0.4, -0.2) is 41.6 Å². The van der Waals surface area contributed by atoms with Crippen LogP contribution in [0.1, 0.15) is 5.56 Å². The fourth-order valence-electron chi connectivity index (χ4n) is 2.94. The number of amides is 1. The number of aliphatic carboxylic acids is 1. The molecular weight excluding hydrogens is 382 g/mol. The molecule has 0 spiro atoms. The Bertz CT molecular complexity index is 1110. The molecule has 0 aliphatic rings. The zero-order valence-corrected chi connectivity index (χ0v) is 16.2. The van der Waals surface area contributed by atoms with Crippen molar-refractivity contribution >= 4 is 45.4 Å². The van der Waals surface area contributed by atoms with Crippen molar-refractivity contribution in [2.75, 3.05) is 18.6 Å². The van der Waals surface area contributed by atoms with Gasteiger partial charge in [-0.1, -0.05) is 18.2 Å². The Morgan fingerprint density at radius 2 is 1.89 bits per heavy atom. The van der Waals surface area contributed by atoms with Gasteiger partial charge in [-0.2, -0.15) is 11.8 Å². The molecule has 8 heteroatoms. The van der Waals surface area contributed by atoms with Crippen LogP contribution in [0.25, 0.3) is 21.7 Å². The van der Waals surface area contributed by atoms with Gasteiger partial charge in [-0.3, -0.25) is 4.79 Å². The molecule has 28 heavy (non-hydrogen) atoms. The molecule has 3 rings (SSSR count). The largest absolute Gasteiger partial charge is 0.483 e. The monoisotopic (exact) mass is 401 g/mol. The number of carbonyl (C=O) groups excluding carboxylic acids is 1. The Balaban J connectivity index is 1.84. The zero-order chi connectivity index (χ0) is 20.3. The topological polar surface area (TPSA) is 106 Å². The lowest BCUT2D eigenvalue weighted by atomic mass is 10.0. The fraction of sp³-hybridized carbons (Fsp3) is 0.250. The van der Waals surface area contributed by atoms with Crippen molar-refractivity contribution < 1.29 is 23.8 Å². The summed E-state index contributed by atoms with van der Waals surface area (Å²) in [6, 6.07) is 9.67. The highest BCUT2D eigenvalue weighted by atomic mass is 32.2. The van der Waals surface area contributed by atoms with E-state index in [1.165, 1.54) is 11.8 Å². The number of carboxylic acids is 1. The minimum Gasteiger partial charge on any atom is -0.483 e. The van der Waals surface area contributed by atoms with Gasteiger partial charge in [0.15, 0.2) is 6.61 Å². The molecule has 2 N–H and O–H groups in total. The van der Waals surface area contributed by atoms with E-state index < -0.39 is 23.5 Å². The average Bonchev–Trinajstić information content (AvgIpc) is 2.68. The summed E-state index contributed by atoms with van der Waals surface area (Å²) in [5.41, 5.74) is 0.543. The minimum absolute atomic E-state index is 0.258. The summed E-state index contributed by atoms with van der Waals surface area (Å²) in [5, 5.41) is 13.6. The number of thioether (sulfide) groups is 1. The Hall–Kier alpha value is -3.00. The summed E-state index contributed by atoms with van der Waals surface area (Å²) in [6.45, 7) is 1.39. The van der Waals surface area contributed by atoms with E-state index in [1.807, 2.05) is 12.1 Å². The first-order chi connectivity index (χ1) is 13.4. The molecular formula is C20H19NO6S. The quantitative estimate of drug-likeness (QED) is 0.463. The molecule has 1 aromatic heterocycles. The van der Waals surface area contributed by atoms with Gasteiger partial charge in [-0.05, 0) is 36.8 Å². The molecule has 1 amide bonds. The molecule has 1 heterocycles. The number of aryl methyl sites for hydroxylation is 1.